The second kappa shape index (κ2) is 3.36. The van der Waals surface area contributed by atoms with Gasteiger partial charge in [0.2, 0.25) is 5.96 Å². The minimum absolute atomic E-state index is 0.495. The van der Waals surface area contributed by atoms with E-state index in [4.69, 9.17) is 15.5 Å². The first kappa shape index (κ1) is 7.34. The number of nitrogens with one attached hydrogen (secondary N) is 1. The van der Waals surface area contributed by atoms with Crippen LogP contribution in [-0.4, -0.2) is 19.9 Å². The maximum absolute atomic E-state index is 9.66. The quantitative estimate of drug-likeness (QED) is 0.152. The molecule has 0 rings (SSSR count). The number of guanidine groups is 1. The molecule has 1 atom stereocenters. The molecule has 0 aromatic rings. The van der Waals surface area contributed by atoms with Crippen LogP contribution in [0.4, 0.5) is 0 Å². The van der Waals surface area contributed by atoms with Crippen molar-refractivity contribution in [2.75, 3.05) is 0 Å². The number of nitrogens with two attached hydrogens (primary N) is 1. The minimum atomic E-state index is -2.36. The van der Waals surface area contributed by atoms with Gasteiger partial charge in [-0.3, -0.25) is 9.76 Å². The van der Waals surface area contributed by atoms with Gasteiger partial charge in [-0.1, -0.05) is 0 Å². The van der Waals surface area contributed by atoms with Crippen molar-refractivity contribution in [1.82, 2.24) is 5.48 Å². The Morgan fingerprint density at radius 3 is 2.50 bits per heavy atom. The first-order chi connectivity index (χ1) is 3.66. The van der Waals surface area contributed by atoms with Gasteiger partial charge < -0.3 is 5.73 Å². The Labute approximate surface area is 47.8 Å². The fourth-order valence-electron chi connectivity index (χ4n) is 0.105. The molecule has 0 aliphatic carbocycles. The summed E-state index contributed by atoms with van der Waals surface area (Å²) in [5.74, 6) is -0.495. The molecule has 0 spiro atoms. The van der Waals surface area contributed by atoms with Crippen LogP contribution in [-0.2, 0) is 11.3 Å². The lowest BCUT2D eigenvalue weighted by atomic mass is 11.1. The van der Waals surface area contributed by atoms with Crippen LogP contribution >= 0.6 is 0 Å². The highest BCUT2D eigenvalue weighted by molar-refractivity contribution is 7.78. The normalized spacial score (nSPS) is 15.5. The zero-order valence-corrected chi connectivity index (χ0v) is 4.55. The highest BCUT2D eigenvalue weighted by atomic mass is 32.2. The summed E-state index contributed by atoms with van der Waals surface area (Å²) in [7, 11) is 0. The maximum Gasteiger partial charge on any atom is 0.285 e. The SMILES string of the molecule is NC(=NS(=O)O)NO. The van der Waals surface area contributed by atoms with Crippen molar-refractivity contribution in [2.24, 2.45) is 10.1 Å². The molecule has 48 valence electrons. The van der Waals surface area contributed by atoms with E-state index >= 15 is 0 Å². The van der Waals surface area contributed by atoms with Crippen LogP contribution in [0.2, 0.25) is 0 Å². The third-order valence-electron chi connectivity index (χ3n) is 0.291. The molecule has 6 nitrogen and oxygen atoms in total. The summed E-state index contributed by atoms with van der Waals surface area (Å²) >= 11 is -2.36. The van der Waals surface area contributed by atoms with Crippen LogP contribution in [0.15, 0.2) is 4.40 Å². The fourth-order valence-corrected chi connectivity index (χ4v) is 0.314. The van der Waals surface area contributed by atoms with Gasteiger partial charge in [-0.2, -0.15) is 0 Å². The lowest BCUT2D eigenvalue weighted by Crippen LogP contribution is -2.28. The van der Waals surface area contributed by atoms with E-state index < -0.39 is 17.2 Å². The van der Waals surface area contributed by atoms with E-state index in [1.54, 1.807) is 0 Å². The molecular formula is CH5N3O3S. The van der Waals surface area contributed by atoms with Gasteiger partial charge in [-0.15, -0.1) is 4.40 Å². The number of rotatable bonds is 1. The molecule has 0 saturated carbocycles. The van der Waals surface area contributed by atoms with E-state index in [9.17, 15) is 4.21 Å². The summed E-state index contributed by atoms with van der Waals surface area (Å²) in [5.41, 5.74) is 6.08. The predicted molar refractivity (Wildman–Crippen MR) is 27.3 cm³/mol. The van der Waals surface area contributed by atoms with Crippen LogP contribution in [0.25, 0.3) is 0 Å². The molecular weight excluding hydrogens is 134 g/mol. The molecule has 7 heteroatoms. The zero-order chi connectivity index (χ0) is 6.57. The average molecular weight is 139 g/mol. The van der Waals surface area contributed by atoms with Crippen molar-refractivity contribution in [3.8, 4) is 0 Å². The smallest absolute Gasteiger partial charge is 0.285 e. The average Bonchev–Trinajstić information content (AvgIpc) is 1.65. The van der Waals surface area contributed by atoms with Crippen LogP contribution in [0.1, 0.15) is 0 Å². The number of hydroxylamine groups is 1. The summed E-state index contributed by atoms with van der Waals surface area (Å²) in [5, 5.41) is 7.83. The van der Waals surface area contributed by atoms with Gasteiger partial charge in [-0.25, -0.2) is 9.69 Å². The van der Waals surface area contributed by atoms with E-state index in [-0.39, 0.29) is 0 Å². The Balaban J connectivity index is 3.75. The number of nitrogens with zero attached hydrogens (tertiary/aromatic N) is 1. The molecule has 0 heterocycles. The Morgan fingerprint density at radius 1 is 1.88 bits per heavy atom. The third kappa shape index (κ3) is 3.53. The topological polar surface area (TPSA) is 108 Å². The molecule has 8 heavy (non-hydrogen) atoms. The third-order valence-corrected chi connectivity index (χ3v) is 0.644. The fraction of sp³-hybridized carbons (Fsp3) is 0. The van der Waals surface area contributed by atoms with Crippen LogP contribution in [0.5, 0.6) is 0 Å². The minimum Gasteiger partial charge on any atom is -0.367 e. The van der Waals surface area contributed by atoms with Gasteiger partial charge >= 0.3 is 0 Å². The molecule has 0 aliphatic rings. The Bertz CT molecular complexity index is 122. The van der Waals surface area contributed by atoms with Crippen molar-refractivity contribution >= 4 is 17.2 Å². The Kier molecular flexibility index (Phi) is 3.08. The largest absolute Gasteiger partial charge is 0.367 e. The molecule has 0 amide bonds. The van der Waals surface area contributed by atoms with Crippen molar-refractivity contribution < 1.29 is 14.0 Å². The molecule has 0 saturated heterocycles. The molecule has 0 radical (unpaired) electrons. The summed E-state index contributed by atoms with van der Waals surface area (Å²) < 4.78 is 20.3. The van der Waals surface area contributed by atoms with Gasteiger partial charge in [-0.05, 0) is 0 Å². The van der Waals surface area contributed by atoms with E-state index in [1.807, 2.05) is 0 Å². The Hall–Kier alpha value is -0.660. The molecule has 0 aliphatic heterocycles. The first-order valence-corrected chi connectivity index (χ1v) is 2.58. The van der Waals surface area contributed by atoms with Gasteiger partial charge in [0.05, 0.1) is 0 Å². The summed E-state index contributed by atoms with van der Waals surface area (Å²) in [6, 6.07) is 0. The predicted octanol–water partition coefficient (Wildman–Crippen LogP) is -1.58. The van der Waals surface area contributed by atoms with E-state index in [2.05, 4.69) is 4.40 Å². The molecule has 0 aromatic heterocycles. The second-order valence-electron chi connectivity index (χ2n) is 0.819. The summed E-state index contributed by atoms with van der Waals surface area (Å²) in [6.45, 7) is 0. The number of hydrogen-bond donors (Lipinski definition) is 4. The monoisotopic (exact) mass is 139 g/mol. The van der Waals surface area contributed by atoms with Crippen LogP contribution in [0, 0.1) is 0 Å². The van der Waals surface area contributed by atoms with E-state index in [1.165, 1.54) is 5.48 Å². The van der Waals surface area contributed by atoms with Gasteiger partial charge in [0.15, 0.2) is 0 Å². The molecule has 1 unspecified atom stereocenters. The maximum atomic E-state index is 9.66. The lowest BCUT2D eigenvalue weighted by Gasteiger charge is -1.90. The standard InChI is InChI=1S/CH5N3O3S/c2-1(3-5)4-8(6)7/h5H,(H,6,7)(H3,2,3,4). The van der Waals surface area contributed by atoms with E-state index in [0.29, 0.717) is 0 Å². The van der Waals surface area contributed by atoms with Gasteiger partial charge in [0, 0.05) is 0 Å². The molecule has 0 bridgehead atoms. The molecule has 5 N–H and O–H groups in total. The highest BCUT2D eigenvalue weighted by Crippen LogP contribution is 1.70. The first-order valence-electron chi connectivity index (χ1n) is 1.52. The van der Waals surface area contributed by atoms with Crippen LogP contribution in [0.3, 0.4) is 0 Å². The van der Waals surface area contributed by atoms with E-state index in [0.717, 1.165) is 0 Å². The molecule has 0 aromatic carbocycles. The Morgan fingerprint density at radius 2 is 2.38 bits per heavy atom. The summed E-state index contributed by atoms with van der Waals surface area (Å²) in [4.78, 5) is 0. The van der Waals surface area contributed by atoms with Crippen molar-refractivity contribution in [2.45, 2.75) is 0 Å². The lowest BCUT2D eigenvalue weighted by molar-refractivity contribution is 0.233. The van der Waals surface area contributed by atoms with Crippen molar-refractivity contribution in [1.29, 1.82) is 0 Å². The molecule has 0 fully saturated rings. The number of hydrogen-bond acceptors (Lipinski definition) is 2. The van der Waals surface area contributed by atoms with Gasteiger partial charge in [0.1, 0.15) is 0 Å². The highest BCUT2D eigenvalue weighted by Gasteiger charge is 1.87. The second-order valence-corrected chi connectivity index (χ2v) is 1.46. The zero-order valence-electron chi connectivity index (χ0n) is 3.74. The van der Waals surface area contributed by atoms with Gasteiger partial charge in [0.25, 0.3) is 11.3 Å². The van der Waals surface area contributed by atoms with Crippen LogP contribution < -0.4 is 11.2 Å². The van der Waals surface area contributed by atoms with Crippen molar-refractivity contribution in [3.05, 3.63) is 0 Å². The van der Waals surface area contributed by atoms with Crippen molar-refractivity contribution in [3.63, 3.8) is 0 Å². The summed E-state index contributed by atoms with van der Waals surface area (Å²) in [6.07, 6.45) is 0.